The number of hydrogen-bond acceptors (Lipinski definition) is 4. The summed E-state index contributed by atoms with van der Waals surface area (Å²) in [5.74, 6) is -1.52. The lowest BCUT2D eigenvalue weighted by molar-refractivity contribution is -0.114. The molecule has 2 N–H and O–H groups in total. The number of para-hydroxylation sites is 1. The van der Waals surface area contributed by atoms with Gasteiger partial charge in [-0.3, -0.25) is 13.9 Å². The fourth-order valence-electron chi connectivity index (χ4n) is 3.34. The average Bonchev–Trinajstić information content (AvgIpc) is 2.84. The minimum Gasteiger partial charge on any atom is -0.352 e. The molecule has 0 heterocycles. The molecule has 0 unspecified atom stereocenters. The average molecular weight is 498 g/mol. The Morgan fingerprint density at radius 2 is 1.60 bits per heavy atom. The fourth-order valence-corrected chi connectivity index (χ4v) is 4.77. The predicted octanol–water partition coefficient (Wildman–Crippen LogP) is 4.50. The SMILES string of the molecule is CCCCNC(=O)c1ccccc1NC(=O)CN(c1ccc(F)cc1)S(=O)(=O)c1ccc(C)cc1. The Morgan fingerprint density at radius 1 is 0.943 bits per heavy atom. The predicted molar refractivity (Wildman–Crippen MR) is 134 cm³/mol. The maximum atomic E-state index is 13.5. The van der Waals surface area contributed by atoms with Gasteiger partial charge in [0.15, 0.2) is 0 Å². The van der Waals surface area contributed by atoms with Gasteiger partial charge in [-0.15, -0.1) is 0 Å². The maximum absolute atomic E-state index is 13.5. The minimum atomic E-state index is -4.14. The molecule has 0 bridgehead atoms. The van der Waals surface area contributed by atoms with Gasteiger partial charge >= 0.3 is 0 Å². The molecule has 0 aliphatic carbocycles. The molecule has 0 fully saturated rings. The van der Waals surface area contributed by atoms with Gasteiger partial charge in [0.05, 0.1) is 21.8 Å². The molecule has 0 saturated carbocycles. The van der Waals surface area contributed by atoms with Crippen LogP contribution in [0, 0.1) is 12.7 Å². The van der Waals surface area contributed by atoms with E-state index in [9.17, 15) is 22.4 Å². The monoisotopic (exact) mass is 497 g/mol. The first-order valence-corrected chi connectivity index (χ1v) is 12.7. The molecule has 0 saturated heterocycles. The van der Waals surface area contributed by atoms with Gasteiger partial charge in [-0.25, -0.2) is 12.8 Å². The van der Waals surface area contributed by atoms with E-state index in [1.807, 2.05) is 13.8 Å². The summed E-state index contributed by atoms with van der Waals surface area (Å²) in [4.78, 5) is 25.6. The van der Waals surface area contributed by atoms with Crippen LogP contribution in [-0.2, 0) is 14.8 Å². The van der Waals surface area contributed by atoms with E-state index in [1.165, 1.54) is 24.3 Å². The highest BCUT2D eigenvalue weighted by molar-refractivity contribution is 7.92. The van der Waals surface area contributed by atoms with E-state index in [0.29, 0.717) is 6.54 Å². The number of carbonyl (C=O) groups is 2. The first kappa shape index (κ1) is 25.9. The maximum Gasteiger partial charge on any atom is 0.264 e. The van der Waals surface area contributed by atoms with Gasteiger partial charge in [-0.05, 0) is 61.9 Å². The third kappa shape index (κ3) is 6.66. The van der Waals surface area contributed by atoms with Crippen LogP contribution in [0.2, 0.25) is 0 Å². The van der Waals surface area contributed by atoms with Crippen LogP contribution >= 0.6 is 0 Å². The summed E-state index contributed by atoms with van der Waals surface area (Å²) < 4.78 is 41.3. The van der Waals surface area contributed by atoms with Gasteiger partial charge in [-0.2, -0.15) is 0 Å². The summed E-state index contributed by atoms with van der Waals surface area (Å²) in [6, 6.07) is 17.6. The molecule has 3 rings (SSSR count). The van der Waals surface area contributed by atoms with E-state index in [4.69, 9.17) is 0 Å². The van der Waals surface area contributed by atoms with Crippen molar-refractivity contribution in [3.05, 3.63) is 89.7 Å². The number of amides is 2. The summed E-state index contributed by atoms with van der Waals surface area (Å²) in [6.45, 7) is 3.77. The molecule has 0 aliphatic rings. The molecule has 9 heteroatoms. The Morgan fingerprint density at radius 3 is 2.26 bits per heavy atom. The second kappa shape index (κ2) is 11.6. The third-order valence-electron chi connectivity index (χ3n) is 5.27. The third-order valence-corrected chi connectivity index (χ3v) is 7.06. The zero-order valence-corrected chi connectivity index (χ0v) is 20.4. The van der Waals surface area contributed by atoms with Crippen molar-refractivity contribution in [2.45, 2.75) is 31.6 Å². The topological polar surface area (TPSA) is 95.6 Å². The van der Waals surface area contributed by atoms with Crippen LogP contribution in [0.4, 0.5) is 15.8 Å². The van der Waals surface area contributed by atoms with Crippen molar-refractivity contribution in [1.82, 2.24) is 5.32 Å². The molecule has 0 aliphatic heterocycles. The standard InChI is InChI=1S/C26H28FN3O4S/c1-3-4-17-28-26(32)23-7-5-6-8-24(23)29-25(31)18-30(21-13-11-20(27)12-14-21)35(33,34)22-15-9-19(2)10-16-22/h5-16H,3-4,17-18H2,1-2H3,(H,28,32)(H,29,31). The van der Waals surface area contributed by atoms with Gasteiger partial charge < -0.3 is 10.6 Å². The molecule has 0 atom stereocenters. The van der Waals surface area contributed by atoms with Crippen molar-refractivity contribution in [1.29, 1.82) is 0 Å². The van der Waals surface area contributed by atoms with E-state index < -0.39 is 28.3 Å². The summed E-state index contributed by atoms with van der Waals surface area (Å²) in [5.41, 5.74) is 1.54. The normalized spacial score (nSPS) is 11.1. The second-order valence-electron chi connectivity index (χ2n) is 8.00. The molecule has 2 amide bonds. The molecule has 3 aromatic carbocycles. The van der Waals surface area contributed by atoms with Gasteiger partial charge in [0, 0.05) is 6.54 Å². The lowest BCUT2D eigenvalue weighted by Gasteiger charge is -2.24. The smallest absolute Gasteiger partial charge is 0.264 e. The molecule has 0 radical (unpaired) electrons. The van der Waals surface area contributed by atoms with Crippen molar-refractivity contribution < 1.29 is 22.4 Å². The minimum absolute atomic E-state index is 0.00377. The van der Waals surface area contributed by atoms with Crippen LogP contribution in [0.25, 0.3) is 0 Å². The van der Waals surface area contributed by atoms with Gasteiger partial charge in [0.1, 0.15) is 12.4 Å². The van der Waals surface area contributed by atoms with E-state index in [2.05, 4.69) is 10.6 Å². The molecule has 3 aromatic rings. The Kier molecular flexibility index (Phi) is 8.59. The lowest BCUT2D eigenvalue weighted by atomic mass is 10.1. The number of rotatable bonds is 10. The molecule has 184 valence electrons. The Hall–Kier alpha value is -3.72. The van der Waals surface area contributed by atoms with E-state index >= 15 is 0 Å². The van der Waals surface area contributed by atoms with Crippen LogP contribution < -0.4 is 14.9 Å². The van der Waals surface area contributed by atoms with Crippen LogP contribution in [0.1, 0.15) is 35.7 Å². The summed E-state index contributed by atoms with van der Waals surface area (Å²) in [6.07, 6.45) is 1.75. The van der Waals surface area contributed by atoms with Gasteiger partial charge in [-0.1, -0.05) is 43.2 Å². The Bertz CT molecular complexity index is 1280. The highest BCUT2D eigenvalue weighted by atomic mass is 32.2. The number of aryl methyl sites for hydroxylation is 1. The highest BCUT2D eigenvalue weighted by Crippen LogP contribution is 2.25. The van der Waals surface area contributed by atoms with Crippen molar-refractivity contribution >= 4 is 33.2 Å². The molecule has 7 nitrogen and oxygen atoms in total. The van der Waals surface area contributed by atoms with Crippen LogP contribution in [0.3, 0.4) is 0 Å². The molecule has 0 spiro atoms. The van der Waals surface area contributed by atoms with Crippen molar-refractivity contribution in [2.24, 2.45) is 0 Å². The van der Waals surface area contributed by atoms with Gasteiger partial charge in [0.25, 0.3) is 15.9 Å². The van der Waals surface area contributed by atoms with Crippen molar-refractivity contribution in [2.75, 3.05) is 22.7 Å². The number of nitrogens with one attached hydrogen (secondary N) is 2. The molecular weight excluding hydrogens is 469 g/mol. The zero-order chi connectivity index (χ0) is 25.4. The highest BCUT2D eigenvalue weighted by Gasteiger charge is 2.27. The van der Waals surface area contributed by atoms with E-state index in [1.54, 1.807) is 36.4 Å². The van der Waals surface area contributed by atoms with Crippen LogP contribution in [0.5, 0.6) is 0 Å². The fraction of sp³-hybridized carbons (Fsp3) is 0.231. The number of anilines is 2. The summed E-state index contributed by atoms with van der Waals surface area (Å²) in [7, 11) is -4.14. The summed E-state index contributed by atoms with van der Waals surface area (Å²) in [5, 5.41) is 5.45. The Labute approximate surface area is 205 Å². The van der Waals surface area contributed by atoms with Gasteiger partial charge in [0.2, 0.25) is 5.91 Å². The largest absolute Gasteiger partial charge is 0.352 e. The number of unbranched alkanes of at least 4 members (excludes halogenated alkanes) is 1. The number of hydrogen-bond donors (Lipinski definition) is 2. The molecular formula is C26H28FN3O4S. The first-order valence-electron chi connectivity index (χ1n) is 11.2. The van der Waals surface area contributed by atoms with Crippen LogP contribution in [0.15, 0.2) is 77.7 Å². The number of halogens is 1. The summed E-state index contributed by atoms with van der Waals surface area (Å²) >= 11 is 0. The lowest BCUT2D eigenvalue weighted by Crippen LogP contribution is -2.38. The number of benzene rings is 3. The zero-order valence-electron chi connectivity index (χ0n) is 19.6. The first-order chi connectivity index (χ1) is 16.7. The number of carbonyl (C=O) groups excluding carboxylic acids is 2. The quantitative estimate of drug-likeness (QED) is 0.403. The van der Waals surface area contributed by atoms with Crippen LogP contribution in [-0.4, -0.2) is 33.3 Å². The molecule has 35 heavy (non-hydrogen) atoms. The number of nitrogens with zero attached hydrogens (tertiary/aromatic N) is 1. The van der Waals surface area contributed by atoms with Crippen molar-refractivity contribution in [3.63, 3.8) is 0 Å². The second-order valence-corrected chi connectivity index (χ2v) is 9.87. The van der Waals surface area contributed by atoms with Crippen molar-refractivity contribution in [3.8, 4) is 0 Å². The Balaban J connectivity index is 1.88. The molecule has 0 aromatic heterocycles. The van der Waals surface area contributed by atoms with E-state index in [-0.39, 0.29) is 27.7 Å². The van der Waals surface area contributed by atoms with E-state index in [0.717, 1.165) is 34.8 Å². The number of sulfonamides is 1.